The van der Waals surface area contributed by atoms with Gasteiger partial charge in [0.15, 0.2) is 11.5 Å². The maximum atomic E-state index is 6.33. The van der Waals surface area contributed by atoms with Crippen molar-refractivity contribution in [3.05, 3.63) is 33.8 Å². The predicted octanol–water partition coefficient (Wildman–Crippen LogP) is 3.91. The molecular formula is C15H19ClN4O2S. The smallest absolute Gasteiger partial charge is 0.216 e. The molecular weight excluding hydrogens is 336 g/mol. The number of halogens is 1. The lowest BCUT2D eigenvalue weighted by molar-refractivity contribution is 0.248. The van der Waals surface area contributed by atoms with Crippen LogP contribution in [-0.2, 0) is 0 Å². The molecule has 2 aromatic rings. The molecule has 124 valence electrons. The molecule has 0 saturated carbocycles. The van der Waals surface area contributed by atoms with Crippen LogP contribution in [0.5, 0.6) is 11.5 Å². The van der Waals surface area contributed by atoms with Crippen molar-refractivity contribution in [2.75, 3.05) is 13.2 Å². The highest BCUT2D eigenvalue weighted by Crippen LogP contribution is 2.36. The van der Waals surface area contributed by atoms with Crippen LogP contribution in [0.2, 0.25) is 5.02 Å². The third-order valence-corrected chi connectivity index (χ3v) is 3.32. The summed E-state index contributed by atoms with van der Waals surface area (Å²) in [6.45, 7) is 7.14. The van der Waals surface area contributed by atoms with Gasteiger partial charge in [-0.3, -0.25) is 5.10 Å². The highest BCUT2D eigenvalue weighted by Gasteiger charge is 2.12. The molecule has 0 spiro atoms. The van der Waals surface area contributed by atoms with Crippen LogP contribution < -0.4 is 9.47 Å². The van der Waals surface area contributed by atoms with E-state index in [1.54, 1.807) is 12.3 Å². The number of aromatic nitrogens is 3. The Balaban J connectivity index is 2.29. The average molecular weight is 355 g/mol. The van der Waals surface area contributed by atoms with Crippen LogP contribution in [-0.4, -0.2) is 34.3 Å². The Labute approximate surface area is 145 Å². The van der Waals surface area contributed by atoms with Gasteiger partial charge in [-0.25, -0.2) is 0 Å². The Morgan fingerprint density at radius 1 is 1.43 bits per heavy atom. The summed E-state index contributed by atoms with van der Waals surface area (Å²) in [4.78, 5) is 0. The lowest BCUT2D eigenvalue weighted by atomic mass is 10.2. The van der Waals surface area contributed by atoms with Crippen LogP contribution in [0.25, 0.3) is 0 Å². The lowest BCUT2D eigenvalue weighted by Gasteiger charge is -2.15. The molecule has 2 rings (SSSR count). The van der Waals surface area contributed by atoms with E-state index in [0.29, 0.717) is 40.4 Å². The summed E-state index contributed by atoms with van der Waals surface area (Å²) < 4.78 is 13.3. The van der Waals surface area contributed by atoms with Crippen LogP contribution in [0.3, 0.4) is 0 Å². The zero-order valence-electron chi connectivity index (χ0n) is 13.2. The van der Waals surface area contributed by atoms with E-state index in [9.17, 15) is 0 Å². The maximum absolute atomic E-state index is 6.33. The second-order valence-electron chi connectivity index (χ2n) is 5.22. The maximum Gasteiger partial charge on any atom is 0.216 e. The van der Waals surface area contributed by atoms with Crippen LogP contribution >= 0.6 is 23.8 Å². The van der Waals surface area contributed by atoms with E-state index in [1.807, 2.05) is 13.0 Å². The number of rotatable bonds is 7. The van der Waals surface area contributed by atoms with E-state index in [0.717, 1.165) is 5.56 Å². The molecule has 1 aromatic heterocycles. The summed E-state index contributed by atoms with van der Waals surface area (Å²) in [6.07, 6.45) is 3.12. The van der Waals surface area contributed by atoms with Gasteiger partial charge in [0.1, 0.15) is 6.33 Å². The first kappa shape index (κ1) is 17.5. The summed E-state index contributed by atoms with van der Waals surface area (Å²) in [5, 5.41) is 11.1. The summed E-state index contributed by atoms with van der Waals surface area (Å²) in [5.41, 5.74) is 0.776. The van der Waals surface area contributed by atoms with Gasteiger partial charge in [0, 0.05) is 0 Å². The molecule has 0 atom stereocenters. The Morgan fingerprint density at radius 2 is 2.22 bits per heavy atom. The van der Waals surface area contributed by atoms with Crippen molar-refractivity contribution in [3.8, 4) is 11.5 Å². The highest BCUT2D eigenvalue weighted by atomic mass is 35.5. The van der Waals surface area contributed by atoms with E-state index in [2.05, 4.69) is 29.1 Å². The Bertz CT molecular complexity index is 739. The van der Waals surface area contributed by atoms with Gasteiger partial charge in [0.25, 0.3) is 0 Å². The molecule has 0 radical (unpaired) electrons. The van der Waals surface area contributed by atoms with E-state index in [-0.39, 0.29) is 0 Å². The number of H-pyrrole nitrogens is 1. The van der Waals surface area contributed by atoms with Gasteiger partial charge in [-0.1, -0.05) is 25.4 Å². The van der Waals surface area contributed by atoms with E-state index < -0.39 is 0 Å². The molecule has 1 N–H and O–H groups in total. The van der Waals surface area contributed by atoms with Gasteiger partial charge in [0.2, 0.25) is 4.77 Å². The zero-order valence-corrected chi connectivity index (χ0v) is 14.8. The molecule has 6 nitrogen and oxygen atoms in total. The number of benzene rings is 1. The molecule has 0 aliphatic heterocycles. The molecule has 8 heteroatoms. The predicted molar refractivity (Wildman–Crippen MR) is 93.4 cm³/mol. The van der Waals surface area contributed by atoms with Crippen LogP contribution in [0.4, 0.5) is 0 Å². The summed E-state index contributed by atoms with van der Waals surface area (Å²) in [6, 6.07) is 3.60. The molecule has 1 aromatic carbocycles. The second kappa shape index (κ2) is 8.12. The van der Waals surface area contributed by atoms with Crippen LogP contribution in [0.1, 0.15) is 26.3 Å². The van der Waals surface area contributed by atoms with Gasteiger partial charge < -0.3 is 9.47 Å². The normalized spacial score (nSPS) is 11.3. The third-order valence-electron chi connectivity index (χ3n) is 2.76. The fraction of sp³-hybridized carbons (Fsp3) is 0.400. The first-order valence-corrected chi connectivity index (χ1v) is 8.05. The molecule has 0 amide bonds. The van der Waals surface area contributed by atoms with Gasteiger partial charge >= 0.3 is 0 Å². The van der Waals surface area contributed by atoms with Crippen LogP contribution in [0, 0.1) is 10.7 Å². The first-order valence-electron chi connectivity index (χ1n) is 7.26. The van der Waals surface area contributed by atoms with E-state index >= 15 is 0 Å². The zero-order chi connectivity index (χ0) is 16.8. The molecule has 0 aliphatic rings. The largest absolute Gasteiger partial charge is 0.490 e. The van der Waals surface area contributed by atoms with E-state index in [1.165, 1.54) is 11.0 Å². The molecule has 0 unspecified atom stereocenters. The second-order valence-corrected chi connectivity index (χ2v) is 6.01. The van der Waals surface area contributed by atoms with Crippen molar-refractivity contribution < 1.29 is 9.47 Å². The topological polar surface area (TPSA) is 64.4 Å². The van der Waals surface area contributed by atoms with Crippen molar-refractivity contribution in [3.63, 3.8) is 0 Å². The fourth-order valence-corrected chi connectivity index (χ4v) is 2.19. The van der Waals surface area contributed by atoms with Gasteiger partial charge in [-0.15, -0.1) is 0 Å². The molecule has 0 saturated heterocycles. The number of ether oxygens (including phenoxy) is 2. The lowest BCUT2D eigenvalue weighted by Crippen LogP contribution is -2.07. The number of nitrogens with one attached hydrogen (secondary N) is 1. The van der Waals surface area contributed by atoms with Gasteiger partial charge in [-0.2, -0.15) is 14.9 Å². The monoisotopic (exact) mass is 354 g/mol. The van der Waals surface area contributed by atoms with E-state index in [4.69, 9.17) is 33.3 Å². The Kier molecular flexibility index (Phi) is 6.18. The molecule has 0 bridgehead atoms. The summed E-state index contributed by atoms with van der Waals surface area (Å²) >= 11 is 11.4. The van der Waals surface area contributed by atoms with Crippen molar-refractivity contribution in [1.82, 2.24) is 14.9 Å². The van der Waals surface area contributed by atoms with Gasteiger partial charge in [-0.05, 0) is 42.8 Å². The minimum absolute atomic E-state index is 0.393. The molecule has 0 aliphatic carbocycles. The van der Waals surface area contributed by atoms with Gasteiger partial charge in [0.05, 0.1) is 24.5 Å². The average Bonchev–Trinajstić information content (AvgIpc) is 2.89. The molecule has 0 fully saturated rings. The first-order chi connectivity index (χ1) is 11.0. The fourth-order valence-electron chi connectivity index (χ4n) is 1.77. The van der Waals surface area contributed by atoms with Crippen LogP contribution in [0.15, 0.2) is 23.6 Å². The molecule has 23 heavy (non-hydrogen) atoms. The van der Waals surface area contributed by atoms with Crippen molar-refractivity contribution in [1.29, 1.82) is 0 Å². The Hall–Kier alpha value is -1.86. The Morgan fingerprint density at radius 3 is 2.83 bits per heavy atom. The van der Waals surface area contributed by atoms with Crippen molar-refractivity contribution >= 4 is 30.0 Å². The summed E-state index contributed by atoms with van der Waals surface area (Å²) in [7, 11) is 0. The number of hydrogen-bond acceptors (Lipinski definition) is 5. The number of nitrogens with zero attached hydrogens (tertiary/aromatic N) is 3. The van der Waals surface area contributed by atoms with Crippen molar-refractivity contribution in [2.45, 2.75) is 20.8 Å². The van der Waals surface area contributed by atoms with Crippen molar-refractivity contribution in [2.24, 2.45) is 11.0 Å². The number of hydrogen-bond donors (Lipinski definition) is 1. The third kappa shape index (κ3) is 4.80. The summed E-state index contributed by atoms with van der Waals surface area (Å²) in [5.74, 6) is 1.54. The molecule has 1 heterocycles. The number of aromatic amines is 1. The minimum atomic E-state index is 0.393. The highest BCUT2D eigenvalue weighted by molar-refractivity contribution is 7.71. The quantitative estimate of drug-likeness (QED) is 0.604. The SMILES string of the molecule is CCOc1cc(/C=N\n2cn[nH]c2=S)cc(Cl)c1OCC(C)C. The standard InChI is InChI=1S/C15H19ClN4O2S/c1-4-21-13-6-11(7-18-20-9-17-19-15(20)23)5-12(16)14(13)22-8-10(2)3/h5-7,9-10H,4,8H2,1-3H3,(H,19,23)/b18-7-. The minimum Gasteiger partial charge on any atom is -0.490 e.